The number of benzene rings is 1. The molecule has 1 aromatic carbocycles. The van der Waals surface area contributed by atoms with Crippen LogP contribution in [0.2, 0.25) is 10.0 Å². The molecule has 2 rings (SSSR count). The number of aryl methyl sites for hydroxylation is 1. The Morgan fingerprint density at radius 3 is 2.64 bits per heavy atom. The van der Waals surface area contributed by atoms with Gasteiger partial charge in [-0.3, -0.25) is 23.9 Å². The van der Waals surface area contributed by atoms with Crippen LogP contribution in [0.15, 0.2) is 34.0 Å². The van der Waals surface area contributed by atoms with E-state index in [1.807, 2.05) is 4.98 Å². The number of amides is 1. The van der Waals surface area contributed by atoms with Crippen molar-refractivity contribution in [1.29, 1.82) is 0 Å². The second kappa shape index (κ2) is 8.00. The Bertz CT molecular complexity index is 935. The highest BCUT2D eigenvalue weighted by Gasteiger charge is 2.14. The summed E-state index contributed by atoms with van der Waals surface area (Å²) in [6.45, 7) is 0.711. The zero-order valence-corrected chi connectivity index (χ0v) is 14.5. The lowest BCUT2D eigenvalue weighted by Gasteiger charge is -2.11. The second-order valence-corrected chi connectivity index (χ2v) is 5.79. The van der Waals surface area contributed by atoms with Gasteiger partial charge in [0.25, 0.3) is 11.5 Å². The van der Waals surface area contributed by atoms with Gasteiger partial charge in [-0.05, 0) is 18.6 Å². The first kappa shape index (κ1) is 18.8. The second-order valence-electron chi connectivity index (χ2n) is 5.00. The number of carbonyl (C=O) groups excluding carboxylic acids is 2. The maximum absolute atomic E-state index is 11.9. The monoisotopic (exact) mass is 385 g/mol. The first-order valence-corrected chi connectivity index (χ1v) is 7.73. The summed E-state index contributed by atoms with van der Waals surface area (Å²) < 4.78 is 5.73. The fourth-order valence-corrected chi connectivity index (χ4v) is 2.31. The predicted molar refractivity (Wildman–Crippen MR) is 92.1 cm³/mol. The van der Waals surface area contributed by atoms with Crippen LogP contribution >= 0.6 is 23.2 Å². The van der Waals surface area contributed by atoms with Crippen LogP contribution in [0.3, 0.4) is 0 Å². The van der Waals surface area contributed by atoms with Crippen LogP contribution in [-0.4, -0.2) is 28.0 Å². The Balaban J connectivity index is 1.94. The number of nitrogens with one attached hydrogen (secondary N) is 2. The first-order chi connectivity index (χ1) is 11.8. The fraction of sp³-hybridized carbons (Fsp3) is 0.200. The topological polar surface area (TPSA) is 110 Å². The largest absolute Gasteiger partial charge is 0.454 e. The van der Waals surface area contributed by atoms with Crippen molar-refractivity contribution < 1.29 is 14.3 Å². The van der Waals surface area contributed by atoms with E-state index >= 15 is 0 Å². The Hall–Kier alpha value is -2.58. The standard InChI is InChI=1S/C15H13Cl2N3O5/c1-8-2-3-9(16)14(13(8)17)18-11(22)7-25-12(23)6-20-5-4-10(21)19-15(20)24/h2-5H,6-7H2,1H3,(H,18,22)(H,19,21,24). The summed E-state index contributed by atoms with van der Waals surface area (Å²) >= 11 is 12.0. The summed E-state index contributed by atoms with van der Waals surface area (Å²) in [5.41, 5.74) is -0.398. The predicted octanol–water partition coefficient (Wildman–Crippen LogP) is 1.33. The third kappa shape index (κ3) is 4.94. The molecule has 0 saturated heterocycles. The normalized spacial score (nSPS) is 10.4. The van der Waals surface area contributed by atoms with Gasteiger partial charge in [-0.2, -0.15) is 0 Å². The van der Waals surface area contributed by atoms with Crippen LogP contribution in [0.5, 0.6) is 0 Å². The van der Waals surface area contributed by atoms with Gasteiger partial charge in [-0.1, -0.05) is 29.3 Å². The lowest BCUT2D eigenvalue weighted by molar-refractivity contribution is -0.148. The van der Waals surface area contributed by atoms with Crippen LogP contribution in [0.4, 0.5) is 5.69 Å². The van der Waals surface area contributed by atoms with Gasteiger partial charge in [0.05, 0.1) is 15.7 Å². The van der Waals surface area contributed by atoms with Gasteiger partial charge in [0.2, 0.25) is 0 Å². The van der Waals surface area contributed by atoms with Crippen LogP contribution in [0.1, 0.15) is 5.56 Å². The maximum atomic E-state index is 11.9. The van der Waals surface area contributed by atoms with Crippen molar-refractivity contribution >= 4 is 40.8 Å². The Labute approximate surface area is 151 Å². The summed E-state index contributed by atoms with van der Waals surface area (Å²) in [4.78, 5) is 47.9. The Kier molecular flexibility index (Phi) is 6.00. The average Bonchev–Trinajstić information content (AvgIpc) is 2.56. The molecule has 0 aliphatic heterocycles. The van der Waals surface area contributed by atoms with E-state index in [0.29, 0.717) is 0 Å². The number of aromatic amines is 1. The fourth-order valence-electron chi connectivity index (χ4n) is 1.85. The molecule has 132 valence electrons. The minimum absolute atomic E-state index is 0.223. The van der Waals surface area contributed by atoms with Crippen molar-refractivity contribution in [1.82, 2.24) is 9.55 Å². The summed E-state index contributed by atoms with van der Waals surface area (Å²) in [7, 11) is 0. The number of rotatable bonds is 5. The summed E-state index contributed by atoms with van der Waals surface area (Å²) in [6, 6.07) is 4.36. The molecular formula is C15H13Cl2N3O5. The molecule has 0 spiro atoms. The van der Waals surface area contributed by atoms with Crippen molar-refractivity contribution in [2.24, 2.45) is 0 Å². The molecule has 10 heteroatoms. The number of hydrogen-bond acceptors (Lipinski definition) is 5. The summed E-state index contributed by atoms with van der Waals surface area (Å²) in [6.07, 6.45) is 1.15. The molecule has 0 bridgehead atoms. The van der Waals surface area contributed by atoms with E-state index in [2.05, 4.69) is 5.32 Å². The molecule has 0 atom stereocenters. The Morgan fingerprint density at radius 2 is 1.96 bits per heavy atom. The highest BCUT2D eigenvalue weighted by molar-refractivity contribution is 6.40. The molecule has 2 aromatic rings. The molecule has 25 heavy (non-hydrogen) atoms. The van der Waals surface area contributed by atoms with Gasteiger partial charge >= 0.3 is 11.7 Å². The number of ether oxygens (including phenoxy) is 1. The lowest BCUT2D eigenvalue weighted by atomic mass is 10.2. The van der Waals surface area contributed by atoms with Crippen molar-refractivity contribution in [3.05, 3.63) is 60.8 Å². The minimum atomic E-state index is -0.828. The van der Waals surface area contributed by atoms with E-state index in [9.17, 15) is 19.2 Å². The summed E-state index contributed by atoms with van der Waals surface area (Å²) in [5.74, 6) is -1.47. The molecule has 1 aromatic heterocycles. The lowest BCUT2D eigenvalue weighted by Crippen LogP contribution is -2.32. The van der Waals surface area contributed by atoms with Gasteiger partial charge in [-0.25, -0.2) is 4.79 Å². The van der Waals surface area contributed by atoms with Gasteiger partial charge in [0.1, 0.15) is 6.54 Å². The minimum Gasteiger partial charge on any atom is -0.454 e. The zero-order chi connectivity index (χ0) is 18.6. The highest BCUT2D eigenvalue weighted by atomic mass is 35.5. The molecule has 0 unspecified atom stereocenters. The maximum Gasteiger partial charge on any atom is 0.328 e. The van der Waals surface area contributed by atoms with Crippen molar-refractivity contribution in [3.63, 3.8) is 0 Å². The number of hydrogen-bond donors (Lipinski definition) is 2. The smallest absolute Gasteiger partial charge is 0.328 e. The van der Waals surface area contributed by atoms with E-state index in [1.165, 1.54) is 0 Å². The number of anilines is 1. The molecule has 8 nitrogen and oxygen atoms in total. The number of H-pyrrole nitrogens is 1. The van der Waals surface area contributed by atoms with E-state index < -0.39 is 36.3 Å². The molecule has 1 amide bonds. The highest BCUT2D eigenvalue weighted by Crippen LogP contribution is 2.32. The molecule has 2 N–H and O–H groups in total. The first-order valence-electron chi connectivity index (χ1n) is 6.98. The van der Waals surface area contributed by atoms with E-state index in [1.54, 1.807) is 19.1 Å². The number of aromatic nitrogens is 2. The molecule has 1 heterocycles. The number of nitrogens with zero attached hydrogens (tertiary/aromatic N) is 1. The third-order valence-corrected chi connectivity index (χ3v) is 3.91. The van der Waals surface area contributed by atoms with Crippen LogP contribution in [0.25, 0.3) is 0 Å². The quantitative estimate of drug-likeness (QED) is 0.754. The van der Waals surface area contributed by atoms with Crippen LogP contribution in [0, 0.1) is 6.92 Å². The van der Waals surface area contributed by atoms with Crippen molar-refractivity contribution in [3.8, 4) is 0 Å². The number of esters is 1. The van der Waals surface area contributed by atoms with E-state index in [0.717, 1.165) is 22.4 Å². The van der Waals surface area contributed by atoms with Gasteiger partial charge in [-0.15, -0.1) is 0 Å². The average molecular weight is 386 g/mol. The molecule has 0 saturated carbocycles. The molecule has 0 radical (unpaired) electrons. The SMILES string of the molecule is Cc1ccc(Cl)c(NC(=O)COC(=O)Cn2ccc(=O)[nH]c2=O)c1Cl. The Morgan fingerprint density at radius 1 is 1.24 bits per heavy atom. The van der Waals surface area contributed by atoms with Crippen LogP contribution in [-0.2, 0) is 20.9 Å². The van der Waals surface area contributed by atoms with Crippen LogP contribution < -0.4 is 16.6 Å². The van der Waals surface area contributed by atoms with Gasteiger partial charge < -0.3 is 10.1 Å². The van der Waals surface area contributed by atoms with Gasteiger partial charge in [0.15, 0.2) is 6.61 Å². The molecule has 0 aliphatic rings. The number of carbonyl (C=O) groups is 2. The molecule has 0 aliphatic carbocycles. The van der Waals surface area contributed by atoms with Gasteiger partial charge in [0, 0.05) is 12.3 Å². The van der Waals surface area contributed by atoms with Crippen molar-refractivity contribution in [2.75, 3.05) is 11.9 Å². The van der Waals surface area contributed by atoms with E-state index in [4.69, 9.17) is 27.9 Å². The molecule has 0 fully saturated rings. The van der Waals surface area contributed by atoms with Crippen molar-refractivity contribution in [2.45, 2.75) is 13.5 Å². The van der Waals surface area contributed by atoms with E-state index in [-0.39, 0.29) is 15.7 Å². The summed E-state index contributed by atoms with van der Waals surface area (Å²) in [5, 5.41) is 2.99. The third-order valence-electron chi connectivity index (χ3n) is 3.11. The molecular weight excluding hydrogens is 373 g/mol. The number of halogens is 2. The zero-order valence-electron chi connectivity index (χ0n) is 13.0.